The second kappa shape index (κ2) is 5.64. The lowest BCUT2D eigenvalue weighted by Crippen LogP contribution is -2.15. The maximum Gasteiger partial charge on any atom is 0.259 e. The lowest BCUT2D eigenvalue weighted by atomic mass is 10.2. The number of thiocarbonyl (C=S) groups is 1. The number of aromatic amines is 1. The van der Waals surface area contributed by atoms with Crippen molar-refractivity contribution in [2.75, 3.05) is 11.1 Å². The van der Waals surface area contributed by atoms with Gasteiger partial charge in [-0.1, -0.05) is 0 Å². The highest BCUT2D eigenvalue weighted by molar-refractivity contribution is 7.78. The third-order valence-electron chi connectivity index (χ3n) is 2.71. The Morgan fingerprint density at radius 3 is 2.95 bits per heavy atom. The van der Waals surface area contributed by atoms with Gasteiger partial charge in [-0.05, 0) is 24.4 Å². The molecule has 0 aliphatic heterocycles. The Kier molecular flexibility index (Phi) is 3.52. The van der Waals surface area contributed by atoms with Crippen molar-refractivity contribution in [3.63, 3.8) is 0 Å². The number of H-pyrrole nitrogens is 1. The van der Waals surface area contributed by atoms with Crippen molar-refractivity contribution in [1.29, 1.82) is 0 Å². The van der Waals surface area contributed by atoms with E-state index in [9.17, 15) is 4.79 Å². The SMILES string of the molecule is Nc1nc(NC(=O)c2ccc(N=C=S)nc2)nc2nc[nH]c12. The molecule has 0 aliphatic carbocycles. The molecular weight excluding hydrogens is 304 g/mol. The van der Waals surface area contributed by atoms with E-state index in [4.69, 9.17) is 5.73 Å². The number of carbonyl (C=O) groups excluding carboxylic acids is 1. The van der Waals surface area contributed by atoms with Crippen molar-refractivity contribution in [1.82, 2.24) is 24.9 Å². The zero-order valence-electron chi connectivity index (χ0n) is 10.9. The summed E-state index contributed by atoms with van der Waals surface area (Å²) in [6, 6.07) is 3.09. The number of amides is 1. The molecule has 0 saturated heterocycles. The number of hydrogen-bond donors (Lipinski definition) is 3. The molecule has 0 atom stereocenters. The molecule has 0 fully saturated rings. The van der Waals surface area contributed by atoms with Gasteiger partial charge in [-0.3, -0.25) is 10.1 Å². The van der Waals surface area contributed by atoms with E-state index >= 15 is 0 Å². The monoisotopic (exact) mass is 312 g/mol. The molecule has 3 rings (SSSR count). The third kappa shape index (κ3) is 2.64. The molecule has 0 aliphatic rings. The van der Waals surface area contributed by atoms with E-state index in [1.54, 1.807) is 12.1 Å². The highest BCUT2D eigenvalue weighted by Gasteiger charge is 2.12. The second-order valence-electron chi connectivity index (χ2n) is 4.10. The number of hydrogen-bond acceptors (Lipinski definition) is 8. The number of nitrogens with two attached hydrogens (primary N) is 1. The molecule has 108 valence electrons. The molecule has 3 aromatic rings. The molecule has 0 radical (unpaired) electrons. The molecule has 0 saturated carbocycles. The minimum Gasteiger partial charge on any atom is -0.382 e. The van der Waals surface area contributed by atoms with Gasteiger partial charge in [0.1, 0.15) is 5.52 Å². The first-order valence-corrected chi connectivity index (χ1v) is 6.40. The van der Waals surface area contributed by atoms with Crippen LogP contribution in [0.4, 0.5) is 17.6 Å². The molecule has 3 heterocycles. The van der Waals surface area contributed by atoms with Crippen LogP contribution in [-0.4, -0.2) is 36.0 Å². The quantitative estimate of drug-likeness (QED) is 0.490. The minimum atomic E-state index is -0.431. The van der Waals surface area contributed by atoms with Gasteiger partial charge in [0.05, 0.1) is 17.1 Å². The van der Waals surface area contributed by atoms with Gasteiger partial charge in [-0.2, -0.15) is 15.0 Å². The van der Waals surface area contributed by atoms with E-state index < -0.39 is 5.91 Å². The van der Waals surface area contributed by atoms with Crippen LogP contribution in [0.25, 0.3) is 11.2 Å². The first-order chi connectivity index (χ1) is 10.7. The Hall–Kier alpha value is -3.23. The standard InChI is InChI=1S/C12H8N8OS/c13-9-8-10(16-4-15-8)19-12(18-9)20-11(21)6-1-2-7(14-3-6)17-5-22/h1-4H,(H4,13,15,16,18,19,20,21). The largest absolute Gasteiger partial charge is 0.382 e. The number of nitrogens with one attached hydrogen (secondary N) is 2. The van der Waals surface area contributed by atoms with E-state index in [0.717, 1.165) is 0 Å². The number of imidazole rings is 1. The zero-order chi connectivity index (χ0) is 15.5. The van der Waals surface area contributed by atoms with Crippen molar-refractivity contribution in [3.05, 3.63) is 30.2 Å². The van der Waals surface area contributed by atoms with Crippen LogP contribution in [0.5, 0.6) is 0 Å². The Bertz CT molecular complexity index is 897. The average molecular weight is 312 g/mol. The topological polar surface area (TPSA) is 135 Å². The number of aromatic nitrogens is 5. The highest BCUT2D eigenvalue weighted by atomic mass is 32.1. The number of rotatable bonds is 3. The number of pyridine rings is 1. The van der Waals surface area contributed by atoms with Crippen molar-refractivity contribution < 1.29 is 4.79 Å². The van der Waals surface area contributed by atoms with Gasteiger partial charge >= 0.3 is 0 Å². The fraction of sp³-hybridized carbons (Fsp3) is 0. The van der Waals surface area contributed by atoms with Crippen LogP contribution in [0.2, 0.25) is 0 Å². The van der Waals surface area contributed by atoms with Crippen LogP contribution in [-0.2, 0) is 0 Å². The minimum absolute atomic E-state index is 0.0584. The molecule has 3 aromatic heterocycles. The molecule has 9 nitrogen and oxygen atoms in total. The van der Waals surface area contributed by atoms with Gasteiger partial charge in [-0.25, -0.2) is 9.97 Å². The third-order valence-corrected chi connectivity index (χ3v) is 2.80. The van der Waals surface area contributed by atoms with E-state index in [2.05, 4.69) is 52.6 Å². The van der Waals surface area contributed by atoms with Gasteiger partial charge in [0.25, 0.3) is 5.91 Å². The smallest absolute Gasteiger partial charge is 0.259 e. The molecule has 0 unspecified atom stereocenters. The lowest BCUT2D eigenvalue weighted by molar-refractivity contribution is 0.102. The number of isothiocyanates is 1. The number of nitrogen functional groups attached to an aromatic ring is 1. The summed E-state index contributed by atoms with van der Waals surface area (Å²) in [4.78, 5) is 34.6. The van der Waals surface area contributed by atoms with Crippen LogP contribution in [0.15, 0.2) is 29.6 Å². The summed E-state index contributed by atoms with van der Waals surface area (Å²) in [5, 5.41) is 4.73. The van der Waals surface area contributed by atoms with Gasteiger partial charge < -0.3 is 10.7 Å². The number of aliphatic imine (C=N–C) groups is 1. The predicted molar refractivity (Wildman–Crippen MR) is 83.0 cm³/mol. The fourth-order valence-electron chi connectivity index (χ4n) is 1.72. The molecule has 1 amide bonds. The predicted octanol–water partition coefficient (Wildman–Crippen LogP) is 1.32. The summed E-state index contributed by atoms with van der Waals surface area (Å²) < 4.78 is 0. The van der Waals surface area contributed by atoms with E-state index in [1.165, 1.54) is 12.5 Å². The summed E-state index contributed by atoms with van der Waals surface area (Å²) >= 11 is 4.48. The van der Waals surface area contributed by atoms with Gasteiger partial charge in [-0.15, -0.1) is 0 Å². The molecule has 0 bridgehead atoms. The van der Waals surface area contributed by atoms with Crippen molar-refractivity contribution >= 4 is 52.0 Å². The van der Waals surface area contributed by atoms with E-state index in [-0.39, 0.29) is 11.8 Å². The number of carbonyl (C=O) groups is 1. The molecule has 22 heavy (non-hydrogen) atoms. The molecular formula is C12H8N8OS. The second-order valence-corrected chi connectivity index (χ2v) is 4.28. The van der Waals surface area contributed by atoms with Gasteiger partial charge in [0, 0.05) is 6.20 Å². The number of fused-ring (bicyclic) bond motifs is 1. The normalized spacial score (nSPS) is 10.2. The Balaban J connectivity index is 1.84. The van der Waals surface area contributed by atoms with Crippen LogP contribution in [0.1, 0.15) is 10.4 Å². The lowest BCUT2D eigenvalue weighted by Gasteiger charge is -2.04. The van der Waals surface area contributed by atoms with Gasteiger partial charge in [0.2, 0.25) is 5.95 Å². The van der Waals surface area contributed by atoms with Gasteiger partial charge in [0.15, 0.2) is 17.3 Å². The molecule has 0 aromatic carbocycles. The Morgan fingerprint density at radius 2 is 2.23 bits per heavy atom. The van der Waals surface area contributed by atoms with Crippen LogP contribution in [0, 0.1) is 0 Å². The molecule has 4 N–H and O–H groups in total. The van der Waals surface area contributed by atoms with Crippen molar-refractivity contribution in [3.8, 4) is 0 Å². The summed E-state index contributed by atoms with van der Waals surface area (Å²) in [6.07, 6.45) is 2.80. The average Bonchev–Trinajstić information content (AvgIpc) is 2.97. The maximum absolute atomic E-state index is 12.1. The van der Waals surface area contributed by atoms with Crippen molar-refractivity contribution in [2.45, 2.75) is 0 Å². The van der Waals surface area contributed by atoms with Crippen LogP contribution in [0.3, 0.4) is 0 Å². The Morgan fingerprint density at radius 1 is 1.36 bits per heavy atom. The van der Waals surface area contributed by atoms with Crippen LogP contribution < -0.4 is 11.1 Å². The summed E-state index contributed by atoms with van der Waals surface area (Å²) in [5.41, 5.74) is 6.95. The maximum atomic E-state index is 12.1. The van der Waals surface area contributed by atoms with Crippen molar-refractivity contribution in [2.24, 2.45) is 4.99 Å². The fourth-order valence-corrected chi connectivity index (χ4v) is 1.81. The number of anilines is 2. The molecule has 0 spiro atoms. The van der Waals surface area contributed by atoms with E-state index in [0.29, 0.717) is 22.5 Å². The first-order valence-electron chi connectivity index (χ1n) is 5.99. The summed E-state index contributed by atoms with van der Waals surface area (Å²) in [6.45, 7) is 0. The zero-order valence-corrected chi connectivity index (χ0v) is 11.8. The van der Waals surface area contributed by atoms with Crippen LogP contribution >= 0.6 is 12.2 Å². The first kappa shape index (κ1) is 13.7. The Labute approximate surface area is 128 Å². The number of nitrogens with zero attached hydrogens (tertiary/aromatic N) is 5. The molecule has 10 heteroatoms. The highest BCUT2D eigenvalue weighted by Crippen LogP contribution is 2.16. The summed E-state index contributed by atoms with van der Waals surface area (Å²) in [5.74, 6) is 0.189. The summed E-state index contributed by atoms with van der Waals surface area (Å²) in [7, 11) is 0. The van der Waals surface area contributed by atoms with E-state index in [1.807, 2.05) is 0 Å².